The van der Waals surface area contributed by atoms with E-state index in [0.29, 0.717) is 5.69 Å². The van der Waals surface area contributed by atoms with Crippen LogP contribution in [0.4, 0.5) is 11.4 Å². The number of nitrogens with zero attached hydrogens (tertiary/aromatic N) is 3. The lowest BCUT2D eigenvalue weighted by molar-refractivity contribution is -0.384. The van der Waals surface area contributed by atoms with E-state index in [1.54, 1.807) is 0 Å². The second-order valence-corrected chi connectivity index (χ2v) is 4.58. The quantitative estimate of drug-likeness (QED) is 0.338. The van der Waals surface area contributed by atoms with Crippen LogP contribution in [0.25, 0.3) is 0 Å². The Morgan fingerprint density at radius 1 is 1.38 bits per heavy atom. The number of carbonyl (C=O) groups excluding carboxylic acids is 2. The van der Waals surface area contributed by atoms with Crippen LogP contribution >= 0.6 is 11.9 Å². The summed E-state index contributed by atoms with van der Waals surface area (Å²) in [4.78, 5) is 31.4. The van der Waals surface area contributed by atoms with Crippen LogP contribution in [0, 0.1) is 10.1 Å². The van der Waals surface area contributed by atoms with E-state index < -0.39 is 22.8 Å². The van der Waals surface area contributed by atoms with Gasteiger partial charge in [0.2, 0.25) is 5.91 Å². The van der Waals surface area contributed by atoms with Crippen molar-refractivity contribution in [3.8, 4) is 0 Å². The first-order valence-corrected chi connectivity index (χ1v) is 6.60. The van der Waals surface area contributed by atoms with E-state index >= 15 is 0 Å². The van der Waals surface area contributed by atoms with Gasteiger partial charge in [-0.05, 0) is 12.1 Å². The van der Waals surface area contributed by atoms with Gasteiger partial charge in [-0.2, -0.15) is 0 Å². The summed E-state index contributed by atoms with van der Waals surface area (Å²) in [6, 6.07) is 4.21. The molecule has 0 heterocycles. The average molecular weight is 311 g/mol. The number of carboxylic acid groups (broad SMARTS) is 1. The maximum atomic E-state index is 10.8. The largest absolute Gasteiger partial charge is 0.548 e. The minimum absolute atomic E-state index is 0.0433. The van der Waals surface area contributed by atoms with Gasteiger partial charge >= 0.3 is 0 Å². The fourth-order valence-electron chi connectivity index (χ4n) is 1.24. The summed E-state index contributed by atoms with van der Waals surface area (Å²) in [5, 5.41) is 27.1. The number of nitro benzene ring substituents is 1. The summed E-state index contributed by atoms with van der Waals surface area (Å²) in [6.45, 7) is 1.19. The number of carboxylic acids is 1. The van der Waals surface area contributed by atoms with Crippen molar-refractivity contribution in [1.82, 2.24) is 5.32 Å². The molecule has 0 aliphatic carbocycles. The summed E-state index contributed by atoms with van der Waals surface area (Å²) in [7, 11) is 0. The zero-order valence-electron chi connectivity index (χ0n) is 10.9. The van der Waals surface area contributed by atoms with Crippen molar-refractivity contribution >= 4 is 35.2 Å². The van der Waals surface area contributed by atoms with Crippen LogP contribution in [-0.2, 0) is 9.59 Å². The van der Waals surface area contributed by atoms with Crippen LogP contribution in [0.5, 0.6) is 0 Å². The molecule has 0 fully saturated rings. The van der Waals surface area contributed by atoms with E-state index in [2.05, 4.69) is 15.0 Å². The number of hydrogen-bond acceptors (Lipinski definition) is 8. The Hall–Kier alpha value is -2.49. The predicted molar refractivity (Wildman–Crippen MR) is 72.7 cm³/mol. The lowest BCUT2D eigenvalue weighted by atomic mass is 10.3. The molecule has 10 heteroatoms. The van der Waals surface area contributed by atoms with E-state index in [1.807, 2.05) is 0 Å². The lowest BCUT2D eigenvalue weighted by Gasteiger charge is -2.16. The molecular formula is C11H11N4O5S-. The molecule has 0 unspecified atom stereocenters. The Bertz CT molecular complexity index is 560. The topological polar surface area (TPSA) is 137 Å². The molecule has 1 rings (SSSR count). The summed E-state index contributed by atoms with van der Waals surface area (Å²) in [6.07, 6.45) is 0. The number of nitrogens with one attached hydrogen (secondary N) is 1. The highest BCUT2D eigenvalue weighted by Crippen LogP contribution is 2.19. The number of carbonyl (C=O) groups is 2. The Morgan fingerprint density at radius 3 is 2.48 bits per heavy atom. The molecule has 112 valence electrons. The number of aliphatic carboxylic acids is 1. The summed E-state index contributed by atoms with van der Waals surface area (Å²) >= 11 is 0.826. The third-order valence-electron chi connectivity index (χ3n) is 2.18. The minimum atomic E-state index is -1.41. The monoisotopic (exact) mass is 311 g/mol. The van der Waals surface area contributed by atoms with Crippen LogP contribution in [0.2, 0.25) is 0 Å². The zero-order chi connectivity index (χ0) is 15.8. The van der Waals surface area contributed by atoms with Crippen molar-refractivity contribution in [2.45, 2.75) is 13.0 Å². The van der Waals surface area contributed by atoms with Gasteiger partial charge in [0.25, 0.3) is 5.69 Å². The first-order chi connectivity index (χ1) is 9.90. The fourth-order valence-corrected chi connectivity index (χ4v) is 1.83. The van der Waals surface area contributed by atoms with Crippen molar-refractivity contribution in [2.24, 2.45) is 9.63 Å². The van der Waals surface area contributed by atoms with Crippen molar-refractivity contribution in [3.63, 3.8) is 0 Å². The first kappa shape index (κ1) is 16.6. The van der Waals surface area contributed by atoms with Gasteiger partial charge in [0.05, 0.1) is 22.6 Å². The zero-order valence-corrected chi connectivity index (χ0v) is 11.7. The van der Waals surface area contributed by atoms with Gasteiger partial charge < -0.3 is 15.2 Å². The molecule has 0 saturated heterocycles. The highest BCUT2D eigenvalue weighted by Gasteiger charge is 2.11. The number of rotatable bonds is 7. The van der Waals surface area contributed by atoms with E-state index in [1.165, 1.54) is 31.2 Å². The Kier molecular flexibility index (Phi) is 6.27. The third kappa shape index (κ3) is 5.99. The van der Waals surface area contributed by atoms with Crippen molar-refractivity contribution in [2.75, 3.05) is 5.75 Å². The molecule has 21 heavy (non-hydrogen) atoms. The smallest absolute Gasteiger partial charge is 0.269 e. The number of benzene rings is 1. The standard InChI is InChI=1S/C11H12N4O5S/c1-7(16)12-10(11(17)18)6-21-14-13-8-2-4-9(5-3-8)15(19)20/h2-5,10H,6H2,1H3,(H,12,16)(H,17,18)/p-1/t10-/m0/s1. The maximum absolute atomic E-state index is 10.8. The predicted octanol–water partition coefficient (Wildman–Crippen LogP) is 0.581. The highest BCUT2D eigenvalue weighted by atomic mass is 32.2. The average Bonchev–Trinajstić information content (AvgIpc) is 2.42. The molecule has 1 N–H and O–H groups in total. The van der Waals surface area contributed by atoms with Crippen LogP contribution in [0.15, 0.2) is 33.9 Å². The van der Waals surface area contributed by atoms with Crippen LogP contribution in [0.1, 0.15) is 6.92 Å². The van der Waals surface area contributed by atoms with E-state index in [0.717, 1.165) is 11.9 Å². The van der Waals surface area contributed by atoms with E-state index in [-0.39, 0.29) is 11.4 Å². The molecule has 1 aromatic carbocycles. The molecule has 9 nitrogen and oxygen atoms in total. The molecule has 0 bridgehead atoms. The summed E-state index contributed by atoms with van der Waals surface area (Å²) in [5.41, 5.74) is 0.321. The van der Waals surface area contributed by atoms with E-state index in [9.17, 15) is 24.8 Å². The fraction of sp³-hybridized carbons (Fsp3) is 0.273. The Morgan fingerprint density at radius 2 is 2.00 bits per heavy atom. The van der Waals surface area contributed by atoms with Crippen LogP contribution in [0.3, 0.4) is 0 Å². The minimum Gasteiger partial charge on any atom is -0.548 e. The number of non-ortho nitro benzene ring substituents is 1. The molecule has 0 aromatic heterocycles. The summed E-state index contributed by atoms with van der Waals surface area (Å²) in [5.74, 6) is -1.95. The number of hydrogen-bond donors (Lipinski definition) is 1. The SMILES string of the molecule is CC(=O)N[C@@H](CSN=Nc1ccc([N+](=O)[O-])cc1)C(=O)[O-]. The van der Waals surface area contributed by atoms with Gasteiger partial charge in [0, 0.05) is 36.8 Å². The molecule has 0 radical (unpaired) electrons. The van der Waals surface area contributed by atoms with Gasteiger partial charge in [-0.15, -0.1) is 9.63 Å². The third-order valence-corrected chi connectivity index (χ3v) is 2.86. The second-order valence-electron chi connectivity index (χ2n) is 3.82. The highest BCUT2D eigenvalue weighted by molar-refractivity contribution is 7.97. The number of nitro groups is 1. The first-order valence-electron chi connectivity index (χ1n) is 5.65. The lowest BCUT2D eigenvalue weighted by Crippen LogP contribution is -2.48. The normalized spacial score (nSPS) is 12.0. The van der Waals surface area contributed by atoms with Gasteiger partial charge in [-0.1, -0.05) is 0 Å². The summed E-state index contributed by atoms with van der Waals surface area (Å²) < 4.78 is 3.68. The maximum Gasteiger partial charge on any atom is 0.269 e. The Labute approximate surface area is 123 Å². The molecule has 0 aliphatic rings. The molecule has 1 aromatic rings. The molecule has 0 aliphatic heterocycles. The molecule has 0 spiro atoms. The van der Waals surface area contributed by atoms with E-state index in [4.69, 9.17) is 0 Å². The molecular weight excluding hydrogens is 300 g/mol. The van der Waals surface area contributed by atoms with Gasteiger partial charge in [0.1, 0.15) is 0 Å². The van der Waals surface area contributed by atoms with Crippen molar-refractivity contribution in [1.29, 1.82) is 0 Å². The van der Waals surface area contributed by atoms with Gasteiger partial charge in [-0.25, -0.2) is 0 Å². The van der Waals surface area contributed by atoms with Gasteiger partial charge in [-0.3, -0.25) is 14.9 Å². The molecule has 0 saturated carbocycles. The van der Waals surface area contributed by atoms with Crippen LogP contribution in [-0.4, -0.2) is 28.6 Å². The molecule has 1 amide bonds. The van der Waals surface area contributed by atoms with Crippen LogP contribution < -0.4 is 10.4 Å². The Balaban J connectivity index is 2.51. The second kappa shape index (κ2) is 7.94. The van der Waals surface area contributed by atoms with Gasteiger partial charge in [0.15, 0.2) is 0 Å². The van der Waals surface area contributed by atoms with Crippen molar-refractivity contribution < 1.29 is 19.6 Å². The number of amides is 1. The van der Waals surface area contributed by atoms with Crippen molar-refractivity contribution in [3.05, 3.63) is 34.4 Å². The molecule has 1 atom stereocenters.